The van der Waals surface area contributed by atoms with Crippen molar-refractivity contribution in [2.45, 2.75) is 42.6 Å². The number of nitrogens with one attached hydrogen (secondary N) is 2. The molecule has 0 saturated carbocycles. The predicted octanol–water partition coefficient (Wildman–Crippen LogP) is -2.81. The minimum atomic E-state index is -1.56. The lowest BCUT2D eigenvalue weighted by Crippen LogP contribution is -2.72. The quantitative estimate of drug-likeness (QED) is 0.128. The van der Waals surface area contributed by atoms with Gasteiger partial charge in [0.2, 0.25) is 11.1 Å². The molecular formula is C21H27N9O8S2. The van der Waals surface area contributed by atoms with E-state index in [2.05, 4.69) is 26.2 Å². The van der Waals surface area contributed by atoms with Crippen LogP contribution < -0.4 is 10.6 Å². The molecule has 4 atom stereocenters. The van der Waals surface area contributed by atoms with Crippen LogP contribution in [0.15, 0.2) is 16.4 Å². The number of carboxylic acids is 1. The van der Waals surface area contributed by atoms with Crippen LogP contribution >= 0.6 is 23.5 Å². The highest BCUT2D eigenvalue weighted by molar-refractivity contribution is 8.01. The van der Waals surface area contributed by atoms with E-state index in [1.807, 2.05) is 0 Å². The zero-order chi connectivity index (χ0) is 29.3. The second-order valence-electron chi connectivity index (χ2n) is 9.04. The number of urea groups is 1. The third-order valence-electron chi connectivity index (χ3n) is 6.48. The van der Waals surface area contributed by atoms with Gasteiger partial charge in [0, 0.05) is 38.2 Å². The highest BCUT2D eigenvalue weighted by atomic mass is 32.2. The molecular weight excluding hydrogens is 570 g/mol. The number of thioether (sulfide) groups is 2. The first-order valence-electron chi connectivity index (χ1n) is 12.1. The standard InChI is InChI=1S/C21H27N9O8S2/c1-4-28-5-6-29(17(35)16(28)34)20(38)23-11(9(2)31)14(32)22-12-15(33)30-13(19(36)37)10(7-39-18(12)30)8-40-21-24-25-26-27(21)3/h9,11-12,18,31H,4-8H2,1-3H3,(H,22,32)(H,23,38)(H,36,37)/t9-,11+,12-,18+/m0/s1. The normalized spacial score (nSPS) is 22.5. The number of imide groups is 1. The number of piperazine rings is 1. The zero-order valence-electron chi connectivity index (χ0n) is 21.6. The number of hydrogen-bond acceptors (Lipinski definition) is 12. The number of likely N-dealkylation sites (N-methyl/N-ethyl adjacent to an activating group) is 1. The molecule has 4 heterocycles. The molecule has 1 aromatic heterocycles. The number of aliphatic carboxylic acids is 1. The van der Waals surface area contributed by atoms with Gasteiger partial charge >= 0.3 is 23.8 Å². The first-order chi connectivity index (χ1) is 19.0. The van der Waals surface area contributed by atoms with E-state index in [4.69, 9.17) is 0 Å². The third kappa shape index (κ3) is 5.48. The minimum Gasteiger partial charge on any atom is -0.477 e. The Labute approximate surface area is 235 Å². The smallest absolute Gasteiger partial charge is 0.352 e. The van der Waals surface area contributed by atoms with Gasteiger partial charge in [0.25, 0.3) is 5.91 Å². The number of carboxylic acid groups (broad SMARTS) is 1. The Balaban J connectivity index is 1.41. The van der Waals surface area contributed by atoms with Crippen LogP contribution in [0.4, 0.5) is 4.79 Å². The Morgan fingerprint density at radius 2 is 1.93 bits per heavy atom. The van der Waals surface area contributed by atoms with Gasteiger partial charge in [-0.05, 0) is 29.8 Å². The number of carbonyl (C=O) groups is 6. The molecule has 0 bridgehead atoms. The fraction of sp³-hybridized carbons (Fsp3) is 0.571. The van der Waals surface area contributed by atoms with Crippen molar-refractivity contribution in [3.8, 4) is 0 Å². The first kappa shape index (κ1) is 29.3. The molecule has 0 unspecified atom stereocenters. The Hall–Kier alpha value is -3.71. The number of aliphatic hydroxyl groups excluding tert-OH is 1. The number of aliphatic hydroxyl groups is 1. The van der Waals surface area contributed by atoms with E-state index in [1.165, 1.54) is 40.0 Å². The van der Waals surface area contributed by atoms with E-state index >= 15 is 0 Å². The van der Waals surface area contributed by atoms with Crippen LogP contribution in [0.1, 0.15) is 13.8 Å². The molecule has 216 valence electrons. The van der Waals surface area contributed by atoms with Gasteiger partial charge in [0.05, 0.1) is 6.10 Å². The van der Waals surface area contributed by atoms with Crippen molar-refractivity contribution in [1.82, 2.24) is 45.5 Å². The van der Waals surface area contributed by atoms with Gasteiger partial charge in [-0.1, -0.05) is 11.8 Å². The summed E-state index contributed by atoms with van der Waals surface area (Å²) < 4.78 is 1.43. The lowest BCUT2D eigenvalue weighted by molar-refractivity contribution is -0.153. The van der Waals surface area contributed by atoms with Crippen molar-refractivity contribution in [3.63, 3.8) is 0 Å². The monoisotopic (exact) mass is 597 g/mol. The average Bonchev–Trinajstić information content (AvgIpc) is 3.33. The van der Waals surface area contributed by atoms with Crippen LogP contribution in [-0.2, 0) is 31.0 Å². The van der Waals surface area contributed by atoms with Gasteiger partial charge in [-0.15, -0.1) is 16.9 Å². The SMILES string of the molecule is CCN1CCN(C(=O)N[C@@H](C(=O)N[C@H]2C(=O)N3C(C(=O)O)=C(CSc4nnnn4C)CS[C@H]23)[C@H](C)O)C(=O)C1=O. The number of aromatic nitrogens is 4. The second kappa shape index (κ2) is 11.8. The highest BCUT2D eigenvalue weighted by Gasteiger charge is 2.54. The van der Waals surface area contributed by atoms with E-state index in [9.17, 15) is 39.0 Å². The minimum absolute atomic E-state index is 0.0920. The first-order valence-corrected chi connectivity index (χ1v) is 14.1. The number of rotatable bonds is 9. The fourth-order valence-corrected chi connectivity index (χ4v) is 6.65. The van der Waals surface area contributed by atoms with Crippen molar-refractivity contribution in [3.05, 3.63) is 11.3 Å². The summed E-state index contributed by atoms with van der Waals surface area (Å²) in [6, 6.07) is -3.71. The van der Waals surface area contributed by atoms with E-state index in [0.717, 1.165) is 4.90 Å². The maximum Gasteiger partial charge on any atom is 0.352 e. The molecule has 2 fully saturated rings. The maximum atomic E-state index is 13.0. The third-order valence-corrected chi connectivity index (χ3v) is 8.92. The van der Waals surface area contributed by atoms with Crippen LogP contribution in [-0.4, -0.2) is 135 Å². The van der Waals surface area contributed by atoms with E-state index in [-0.39, 0.29) is 30.3 Å². The van der Waals surface area contributed by atoms with Crippen molar-refractivity contribution >= 4 is 59.2 Å². The molecule has 4 rings (SSSR count). The van der Waals surface area contributed by atoms with Gasteiger partial charge < -0.3 is 25.7 Å². The van der Waals surface area contributed by atoms with Crippen molar-refractivity contribution in [2.24, 2.45) is 7.05 Å². The number of fused-ring (bicyclic) bond motifs is 1. The number of amides is 6. The Morgan fingerprint density at radius 1 is 1.20 bits per heavy atom. The summed E-state index contributed by atoms with van der Waals surface area (Å²) in [4.78, 5) is 78.3. The molecule has 3 aliphatic rings. The van der Waals surface area contributed by atoms with Crippen LogP contribution in [0.25, 0.3) is 0 Å². The molecule has 3 aliphatic heterocycles. The second-order valence-corrected chi connectivity index (χ2v) is 11.1. The van der Waals surface area contributed by atoms with Gasteiger partial charge in [-0.25, -0.2) is 14.3 Å². The molecule has 0 aliphatic carbocycles. The van der Waals surface area contributed by atoms with Gasteiger partial charge in [0.1, 0.15) is 23.2 Å². The molecule has 6 amide bonds. The topological polar surface area (TPSA) is 220 Å². The highest BCUT2D eigenvalue weighted by Crippen LogP contribution is 2.41. The van der Waals surface area contributed by atoms with E-state index in [1.54, 1.807) is 14.0 Å². The average molecular weight is 598 g/mol. The summed E-state index contributed by atoms with van der Waals surface area (Å²) in [5.41, 5.74) is 0.299. The lowest BCUT2D eigenvalue weighted by atomic mass is 10.0. The summed E-state index contributed by atoms with van der Waals surface area (Å²) in [6.45, 7) is 3.25. The van der Waals surface area contributed by atoms with Gasteiger partial charge in [-0.3, -0.25) is 29.0 Å². The van der Waals surface area contributed by atoms with E-state index < -0.39 is 59.2 Å². The predicted molar refractivity (Wildman–Crippen MR) is 137 cm³/mol. The summed E-state index contributed by atoms with van der Waals surface area (Å²) in [7, 11) is 1.64. The number of carbonyl (C=O) groups excluding carboxylic acids is 5. The molecule has 0 spiro atoms. The Kier molecular flexibility index (Phi) is 8.64. The maximum absolute atomic E-state index is 13.0. The molecule has 40 heavy (non-hydrogen) atoms. The largest absolute Gasteiger partial charge is 0.477 e. The fourth-order valence-electron chi connectivity index (χ4n) is 4.32. The molecule has 19 heteroatoms. The van der Waals surface area contributed by atoms with Crippen LogP contribution in [0.2, 0.25) is 0 Å². The van der Waals surface area contributed by atoms with Crippen LogP contribution in [0, 0.1) is 0 Å². The van der Waals surface area contributed by atoms with Crippen LogP contribution in [0.5, 0.6) is 0 Å². The van der Waals surface area contributed by atoms with Crippen molar-refractivity contribution in [2.75, 3.05) is 31.1 Å². The Morgan fingerprint density at radius 3 is 2.52 bits per heavy atom. The van der Waals surface area contributed by atoms with Crippen molar-refractivity contribution in [1.29, 1.82) is 0 Å². The number of nitrogens with zero attached hydrogens (tertiary/aromatic N) is 7. The molecule has 1 aromatic rings. The molecule has 0 radical (unpaired) electrons. The van der Waals surface area contributed by atoms with Crippen molar-refractivity contribution < 1.29 is 39.0 Å². The summed E-state index contributed by atoms with van der Waals surface area (Å²) >= 11 is 2.46. The number of tetrazole rings is 1. The Bertz CT molecular complexity index is 1280. The summed E-state index contributed by atoms with van der Waals surface area (Å²) in [5.74, 6) is -4.31. The molecule has 17 nitrogen and oxygen atoms in total. The van der Waals surface area contributed by atoms with Gasteiger partial charge in [-0.2, -0.15) is 0 Å². The number of hydrogen-bond donors (Lipinski definition) is 4. The summed E-state index contributed by atoms with van der Waals surface area (Å²) in [6.07, 6.45) is -1.43. The van der Waals surface area contributed by atoms with Gasteiger partial charge in [0.15, 0.2) is 0 Å². The molecule has 4 N–H and O–H groups in total. The van der Waals surface area contributed by atoms with E-state index in [0.29, 0.717) is 22.2 Å². The number of β-lactam (4-membered cyclic amide) rings is 1. The molecule has 0 aromatic carbocycles. The zero-order valence-corrected chi connectivity index (χ0v) is 23.3. The lowest BCUT2D eigenvalue weighted by Gasteiger charge is -2.49. The van der Waals surface area contributed by atoms with Crippen LogP contribution in [0.3, 0.4) is 0 Å². The summed E-state index contributed by atoms with van der Waals surface area (Å²) in [5, 5.41) is 35.6. The number of aryl methyl sites for hydroxylation is 1. The molecule has 2 saturated heterocycles.